The Morgan fingerprint density at radius 1 is 1.31 bits per heavy atom. The van der Waals surface area contributed by atoms with Crippen LogP contribution >= 0.6 is 0 Å². The fourth-order valence-corrected chi connectivity index (χ4v) is 3.24. The van der Waals surface area contributed by atoms with Crippen molar-refractivity contribution >= 4 is 5.91 Å². The monoisotopic (exact) mass is 357 g/mol. The van der Waals surface area contributed by atoms with Crippen LogP contribution in [0.3, 0.4) is 0 Å². The summed E-state index contributed by atoms with van der Waals surface area (Å²) in [6.45, 7) is 4.30. The molecule has 3 rings (SSSR count). The summed E-state index contributed by atoms with van der Waals surface area (Å²) < 4.78 is 18.7. The van der Waals surface area contributed by atoms with Gasteiger partial charge in [-0.2, -0.15) is 0 Å². The number of hydrogen-bond acceptors (Lipinski definition) is 4. The van der Waals surface area contributed by atoms with Crippen LogP contribution in [0.1, 0.15) is 37.2 Å². The number of amides is 1. The zero-order valence-corrected chi connectivity index (χ0v) is 15.0. The van der Waals surface area contributed by atoms with Crippen LogP contribution in [-0.4, -0.2) is 35.5 Å². The van der Waals surface area contributed by atoms with Gasteiger partial charge in [-0.15, -0.1) is 0 Å². The standard InChI is InChI=1S/C20H24FN3O2/c1-15(25)22-14-17-4-2-5-19(23-17)20-6-3-11-24(20)12-13-26-18-9-7-16(21)8-10-18/h2,4-5,7-10,20H,3,6,11-14H2,1H3,(H,22,25)/t20-/m0/s1. The predicted octanol–water partition coefficient (Wildman–Crippen LogP) is 3.07. The number of carbonyl (C=O) groups excluding carboxylic acids is 1. The van der Waals surface area contributed by atoms with Gasteiger partial charge in [0.15, 0.2) is 0 Å². The average Bonchev–Trinajstić information content (AvgIpc) is 3.10. The molecule has 26 heavy (non-hydrogen) atoms. The maximum absolute atomic E-state index is 12.9. The normalized spacial score (nSPS) is 17.2. The summed E-state index contributed by atoms with van der Waals surface area (Å²) in [5, 5.41) is 2.79. The molecule has 0 radical (unpaired) electrons. The van der Waals surface area contributed by atoms with Crippen molar-refractivity contribution in [2.24, 2.45) is 0 Å². The summed E-state index contributed by atoms with van der Waals surface area (Å²) in [7, 11) is 0. The van der Waals surface area contributed by atoms with Crippen LogP contribution < -0.4 is 10.1 Å². The quantitative estimate of drug-likeness (QED) is 0.827. The molecule has 2 heterocycles. The van der Waals surface area contributed by atoms with Crippen LogP contribution in [0.5, 0.6) is 5.75 Å². The topological polar surface area (TPSA) is 54.5 Å². The summed E-state index contributed by atoms with van der Waals surface area (Å²) in [4.78, 5) is 18.2. The van der Waals surface area contributed by atoms with Gasteiger partial charge in [0.1, 0.15) is 18.2 Å². The second-order valence-corrected chi connectivity index (χ2v) is 6.46. The lowest BCUT2D eigenvalue weighted by molar-refractivity contribution is -0.119. The first kappa shape index (κ1) is 18.3. The van der Waals surface area contributed by atoms with Crippen LogP contribution in [0.15, 0.2) is 42.5 Å². The average molecular weight is 357 g/mol. The first-order valence-electron chi connectivity index (χ1n) is 8.94. The van der Waals surface area contributed by atoms with E-state index in [1.54, 1.807) is 12.1 Å². The molecule has 2 aromatic rings. The SMILES string of the molecule is CC(=O)NCc1cccc([C@@H]2CCCN2CCOc2ccc(F)cc2)n1. The fourth-order valence-electron chi connectivity index (χ4n) is 3.24. The minimum Gasteiger partial charge on any atom is -0.492 e. The number of nitrogens with one attached hydrogen (secondary N) is 1. The van der Waals surface area contributed by atoms with E-state index in [4.69, 9.17) is 9.72 Å². The molecule has 1 amide bonds. The Morgan fingerprint density at radius 3 is 2.88 bits per heavy atom. The highest BCUT2D eigenvalue weighted by Crippen LogP contribution is 2.30. The fraction of sp³-hybridized carbons (Fsp3) is 0.400. The van der Waals surface area contributed by atoms with E-state index in [9.17, 15) is 9.18 Å². The van der Waals surface area contributed by atoms with E-state index in [0.29, 0.717) is 18.9 Å². The van der Waals surface area contributed by atoms with Crippen LogP contribution in [0.2, 0.25) is 0 Å². The number of hydrogen-bond donors (Lipinski definition) is 1. The third-order valence-electron chi connectivity index (χ3n) is 4.51. The maximum atomic E-state index is 12.9. The maximum Gasteiger partial charge on any atom is 0.217 e. The molecule has 0 saturated carbocycles. The smallest absolute Gasteiger partial charge is 0.217 e. The molecule has 5 nitrogen and oxygen atoms in total. The molecule has 0 aliphatic carbocycles. The molecule has 0 unspecified atom stereocenters. The summed E-state index contributed by atoms with van der Waals surface area (Å²) in [5.74, 6) is 0.359. The highest BCUT2D eigenvalue weighted by molar-refractivity contribution is 5.72. The molecule has 1 aliphatic heterocycles. The van der Waals surface area contributed by atoms with Gasteiger partial charge in [0, 0.05) is 13.5 Å². The number of aromatic nitrogens is 1. The van der Waals surface area contributed by atoms with Crippen molar-refractivity contribution in [1.82, 2.24) is 15.2 Å². The van der Waals surface area contributed by atoms with Crippen molar-refractivity contribution < 1.29 is 13.9 Å². The Balaban J connectivity index is 1.56. The molecule has 1 N–H and O–H groups in total. The molecule has 0 spiro atoms. The van der Waals surface area contributed by atoms with Gasteiger partial charge in [0.2, 0.25) is 5.91 Å². The molecule has 138 valence electrons. The van der Waals surface area contributed by atoms with E-state index in [-0.39, 0.29) is 17.8 Å². The Hall–Kier alpha value is -2.47. The van der Waals surface area contributed by atoms with Crippen molar-refractivity contribution in [2.75, 3.05) is 19.7 Å². The second-order valence-electron chi connectivity index (χ2n) is 6.46. The van der Waals surface area contributed by atoms with E-state index < -0.39 is 0 Å². The Kier molecular flexibility index (Phi) is 6.17. The predicted molar refractivity (Wildman–Crippen MR) is 97.2 cm³/mol. The molecule has 0 bridgehead atoms. The van der Waals surface area contributed by atoms with E-state index in [2.05, 4.69) is 10.2 Å². The lowest BCUT2D eigenvalue weighted by Gasteiger charge is -2.24. The van der Waals surface area contributed by atoms with Gasteiger partial charge in [0.05, 0.1) is 24.0 Å². The van der Waals surface area contributed by atoms with Gasteiger partial charge in [-0.05, 0) is 55.8 Å². The summed E-state index contributed by atoms with van der Waals surface area (Å²) in [6, 6.07) is 12.3. The largest absolute Gasteiger partial charge is 0.492 e. The van der Waals surface area contributed by atoms with Crippen molar-refractivity contribution in [1.29, 1.82) is 0 Å². The number of carbonyl (C=O) groups is 1. The first-order valence-corrected chi connectivity index (χ1v) is 8.94. The number of likely N-dealkylation sites (tertiary alicyclic amines) is 1. The van der Waals surface area contributed by atoms with Crippen LogP contribution in [-0.2, 0) is 11.3 Å². The van der Waals surface area contributed by atoms with Gasteiger partial charge in [-0.1, -0.05) is 6.07 Å². The number of pyridine rings is 1. The number of halogens is 1. The van der Waals surface area contributed by atoms with Crippen LogP contribution in [0, 0.1) is 5.82 Å². The van der Waals surface area contributed by atoms with Gasteiger partial charge in [-0.3, -0.25) is 14.7 Å². The molecule has 1 aliphatic rings. The molecule has 1 atom stereocenters. The van der Waals surface area contributed by atoms with E-state index in [1.165, 1.54) is 19.1 Å². The summed E-state index contributed by atoms with van der Waals surface area (Å²) in [6.07, 6.45) is 2.19. The third-order valence-corrected chi connectivity index (χ3v) is 4.51. The number of nitrogens with zero attached hydrogens (tertiary/aromatic N) is 2. The molecule has 1 aromatic carbocycles. The van der Waals surface area contributed by atoms with Crippen LogP contribution in [0.4, 0.5) is 4.39 Å². The highest BCUT2D eigenvalue weighted by Gasteiger charge is 2.26. The lowest BCUT2D eigenvalue weighted by Crippen LogP contribution is -2.29. The van der Waals surface area contributed by atoms with Crippen molar-refractivity contribution in [3.8, 4) is 5.75 Å². The van der Waals surface area contributed by atoms with Crippen molar-refractivity contribution in [3.05, 3.63) is 59.7 Å². The Labute approximate surface area is 153 Å². The van der Waals surface area contributed by atoms with Gasteiger partial charge in [-0.25, -0.2) is 4.39 Å². The molecule has 1 fully saturated rings. The highest BCUT2D eigenvalue weighted by atomic mass is 19.1. The Morgan fingerprint density at radius 2 is 2.12 bits per heavy atom. The third kappa shape index (κ3) is 5.02. The van der Waals surface area contributed by atoms with E-state index in [0.717, 1.165) is 37.3 Å². The van der Waals surface area contributed by atoms with E-state index >= 15 is 0 Å². The zero-order chi connectivity index (χ0) is 18.4. The first-order chi connectivity index (χ1) is 12.6. The molecular formula is C20H24FN3O2. The Bertz CT molecular complexity index is 736. The molecular weight excluding hydrogens is 333 g/mol. The lowest BCUT2D eigenvalue weighted by atomic mass is 10.1. The van der Waals surface area contributed by atoms with Gasteiger partial charge in [0.25, 0.3) is 0 Å². The van der Waals surface area contributed by atoms with Crippen LogP contribution in [0.25, 0.3) is 0 Å². The van der Waals surface area contributed by atoms with Crippen molar-refractivity contribution in [2.45, 2.75) is 32.4 Å². The van der Waals surface area contributed by atoms with Gasteiger partial charge >= 0.3 is 0 Å². The van der Waals surface area contributed by atoms with E-state index in [1.807, 2.05) is 18.2 Å². The molecule has 1 saturated heterocycles. The summed E-state index contributed by atoms with van der Waals surface area (Å²) >= 11 is 0. The van der Waals surface area contributed by atoms with Gasteiger partial charge < -0.3 is 10.1 Å². The number of ether oxygens (including phenoxy) is 1. The minimum absolute atomic E-state index is 0.0577. The second kappa shape index (κ2) is 8.76. The molecule has 1 aromatic heterocycles. The zero-order valence-electron chi connectivity index (χ0n) is 15.0. The minimum atomic E-state index is -0.262. The van der Waals surface area contributed by atoms with Crippen molar-refractivity contribution in [3.63, 3.8) is 0 Å². The number of rotatable bonds is 7. The molecule has 6 heteroatoms. The summed E-state index contributed by atoms with van der Waals surface area (Å²) in [5.41, 5.74) is 1.90. The number of benzene rings is 1.